The quantitative estimate of drug-likeness (QED) is 0.345. The number of ether oxygens (including phenoxy) is 1. The van der Waals surface area contributed by atoms with E-state index in [4.69, 9.17) is 4.74 Å². The number of hydrogen-bond donors (Lipinski definition) is 0. The topological polar surface area (TPSA) is 73.1 Å². The Morgan fingerprint density at radius 2 is 1.88 bits per heavy atom. The van der Waals surface area contributed by atoms with Crippen molar-refractivity contribution < 1.29 is 13.9 Å². The molecule has 0 radical (unpaired) electrons. The first kappa shape index (κ1) is 25.7. The van der Waals surface area contributed by atoms with Gasteiger partial charge in [0.15, 0.2) is 5.82 Å². The fourth-order valence-electron chi connectivity index (χ4n) is 3.89. The van der Waals surface area contributed by atoms with Gasteiger partial charge in [0.1, 0.15) is 27.2 Å². The molecule has 1 aliphatic heterocycles. The van der Waals surface area contributed by atoms with Gasteiger partial charge in [-0.1, -0.05) is 19.1 Å². The maximum Gasteiger partial charge on any atom is 0.410 e. The van der Waals surface area contributed by atoms with Gasteiger partial charge in [-0.2, -0.15) is 0 Å². The van der Waals surface area contributed by atoms with Crippen LogP contribution in [0.5, 0.6) is 0 Å². The molecule has 10 heteroatoms. The third kappa shape index (κ3) is 5.11. The average Bonchev–Trinajstić information content (AvgIpc) is 3.23. The largest absolute Gasteiger partial charge is 0.444 e. The molecule has 0 bridgehead atoms. The number of thioether (sulfide) groups is 1. The van der Waals surface area contributed by atoms with Crippen molar-refractivity contribution in [2.45, 2.75) is 71.1 Å². The summed E-state index contributed by atoms with van der Waals surface area (Å²) in [7, 11) is 0. The van der Waals surface area contributed by atoms with E-state index in [1.807, 2.05) is 58.5 Å². The third-order valence-electron chi connectivity index (χ3n) is 5.38. The molecule has 33 heavy (non-hydrogen) atoms. The van der Waals surface area contributed by atoms with Crippen molar-refractivity contribution in [1.82, 2.24) is 24.9 Å². The lowest BCUT2D eigenvalue weighted by molar-refractivity contribution is 0.0185. The van der Waals surface area contributed by atoms with Gasteiger partial charge in [-0.25, -0.2) is 18.9 Å². The smallest absolute Gasteiger partial charge is 0.410 e. The number of aromatic nitrogens is 4. The van der Waals surface area contributed by atoms with E-state index in [1.54, 1.807) is 4.90 Å². The number of likely N-dealkylation sites (tertiary alicyclic amines) is 1. The van der Waals surface area contributed by atoms with Crippen molar-refractivity contribution in [2.75, 3.05) is 19.3 Å². The van der Waals surface area contributed by atoms with Crippen LogP contribution < -0.4 is 0 Å². The van der Waals surface area contributed by atoms with Gasteiger partial charge in [0, 0.05) is 18.5 Å². The number of carbonyl (C=O) groups excluding carboxylic acids is 1. The molecule has 2 aromatic heterocycles. The van der Waals surface area contributed by atoms with E-state index in [9.17, 15) is 4.79 Å². The molecule has 180 valence electrons. The van der Waals surface area contributed by atoms with Crippen molar-refractivity contribution in [2.24, 2.45) is 0 Å². The predicted molar refractivity (Wildman–Crippen MR) is 134 cm³/mol. The molecule has 0 unspecified atom stereocenters. The zero-order chi connectivity index (χ0) is 24.5. The monoisotopic (exact) mass is 539 g/mol. The summed E-state index contributed by atoms with van der Waals surface area (Å²) in [6.45, 7) is 12.6. The number of hydrogen-bond acceptors (Lipinski definition) is 6. The Kier molecular flexibility index (Phi) is 7.88. The number of rotatable bonds is 2. The highest BCUT2D eigenvalue weighted by Crippen LogP contribution is 2.37. The molecule has 0 N–H and O–H groups in total. The molecule has 0 atom stereocenters. The van der Waals surface area contributed by atoms with Crippen LogP contribution in [-0.4, -0.2) is 55.9 Å². The van der Waals surface area contributed by atoms with Crippen LogP contribution in [0.25, 0.3) is 21.9 Å². The minimum absolute atomic E-state index is 0.0519. The minimum Gasteiger partial charge on any atom is -0.444 e. The fraction of sp³-hybridized carbons (Fsp3) is 0.565. The molecule has 0 saturated carbocycles. The van der Waals surface area contributed by atoms with E-state index in [0.29, 0.717) is 51.8 Å². The molecule has 3 heterocycles. The van der Waals surface area contributed by atoms with Gasteiger partial charge in [-0.3, -0.25) is 0 Å². The van der Waals surface area contributed by atoms with Crippen LogP contribution in [0.4, 0.5) is 9.18 Å². The lowest BCUT2D eigenvalue weighted by Crippen LogP contribution is -2.42. The van der Waals surface area contributed by atoms with Crippen LogP contribution in [0.15, 0.2) is 15.6 Å². The zero-order valence-corrected chi connectivity index (χ0v) is 22.6. The lowest BCUT2D eigenvalue weighted by atomic mass is 10.0. The fourth-order valence-corrected chi connectivity index (χ4v) is 4.71. The molecule has 3 aromatic rings. The number of benzene rings is 1. The van der Waals surface area contributed by atoms with E-state index in [-0.39, 0.29) is 18.0 Å². The molecule has 1 fully saturated rings. The van der Waals surface area contributed by atoms with Crippen molar-refractivity contribution in [3.8, 4) is 0 Å². The number of aryl methyl sites for hydroxylation is 1. The molecule has 1 amide bonds. The Balaban J connectivity index is 0.00000149. The van der Waals surface area contributed by atoms with Gasteiger partial charge >= 0.3 is 6.09 Å². The molecule has 1 aromatic carbocycles. The van der Waals surface area contributed by atoms with Crippen LogP contribution in [0.3, 0.4) is 0 Å². The van der Waals surface area contributed by atoms with Crippen molar-refractivity contribution in [3.63, 3.8) is 0 Å². The molecule has 0 aliphatic carbocycles. The molecule has 4 rings (SSSR count). The van der Waals surface area contributed by atoms with Crippen LogP contribution >= 0.6 is 27.7 Å². The van der Waals surface area contributed by atoms with E-state index in [0.717, 1.165) is 11.1 Å². The van der Waals surface area contributed by atoms with Crippen LogP contribution in [0.1, 0.15) is 59.1 Å². The number of nitrogens with zero attached hydrogens (tertiary/aromatic N) is 5. The number of halogens is 2. The van der Waals surface area contributed by atoms with Crippen molar-refractivity contribution in [3.05, 3.63) is 21.9 Å². The average molecular weight is 541 g/mol. The highest BCUT2D eigenvalue weighted by atomic mass is 79.9. The molecule has 0 spiro atoms. The lowest BCUT2D eigenvalue weighted by Gasteiger charge is -2.33. The minimum atomic E-state index is -0.521. The molecular weight excluding hydrogens is 509 g/mol. The summed E-state index contributed by atoms with van der Waals surface area (Å²) in [6.07, 6.45) is 3.03. The maximum absolute atomic E-state index is 15.0. The third-order valence-corrected chi connectivity index (χ3v) is 7.03. The molecule has 1 aliphatic rings. The van der Waals surface area contributed by atoms with Gasteiger partial charge in [-0.15, -0.1) is 16.9 Å². The molecule has 1 saturated heterocycles. The molecule has 7 nitrogen and oxygen atoms in total. The number of pyridine rings is 1. The maximum atomic E-state index is 15.0. The number of carbonyl (C=O) groups is 1. The second kappa shape index (κ2) is 10.1. The second-order valence-electron chi connectivity index (χ2n) is 8.77. The summed E-state index contributed by atoms with van der Waals surface area (Å²) in [4.78, 5) is 18.7. The Morgan fingerprint density at radius 1 is 1.24 bits per heavy atom. The summed E-state index contributed by atoms with van der Waals surface area (Å²) in [5.74, 6) is -0.375. The van der Waals surface area contributed by atoms with Crippen molar-refractivity contribution in [1.29, 1.82) is 0 Å². The summed E-state index contributed by atoms with van der Waals surface area (Å²) >= 11 is 4.75. The van der Waals surface area contributed by atoms with E-state index in [1.165, 1.54) is 11.8 Å². The molecular formula is C23H31BrFN5O2S. The summed E-state index contributed by atoms with van der Waals surface area (Å²) < 4.78 is 22.8. The van der Waals surface area contributed by atoms with Gasteiger partial charge in [0.05, 0.1) is 10.5 Å². The van der Waals surface area contributed by atoms with Crippen LogP contribution in [0, 0.1) is 12.7 Å². The highest BCUT2D eigenvalue weighted by molar-refractivity contribution is 9.10. The first-order valence-electron chi connectivity index (χ1n) is 11.2. The first-order chi connectivity index (χ1) is 15.6. The first-order valence-corrected chi connectivity index (χ1v) is 13.2. The number of fused-ring (bicyclic) bond motifs is 3. The van der Waals surface area contributed by atoms with Gasteiger partial charge < -0.3 is 9.64 Å². The van der Waals surface area contributed by atoms with E-state index >= 15 is 4.39 Å². The van der Waals surface area contributed by atoms with Gasteiger partial charge in [0.25, 0.3) is 0 Å². The standard InChI is InChI=1S/C21H25BrFN5O2S.C2H6/c1-11-10-13-16(15(23)14(11)22)24-19(31-5)17-18(13)28(26-25-17)12-6-8-27(9-7-12)20(29)30-21(2,3)4;1-2/h10,12H,6-9H2,1-5H3;1-2H3. The Bertz CT molecular complexity index is 1170. The normalized spacial score (nSPS) is 15.0. The second-order valence-corrected chi connectivity index (χ2v) is 10.4. The zero-order valence-electron chi connectivity index (χ0n) is 20.2. The van der Waals surface area contributed by atoms with Crippen molar-refractivity contribution >= 4 is 55.7 Å². The number of piperidine rings is 1. The SMILES string of the molecule is CC.CSc1nc2c(F)c(Br)c(C)cc2c2c1nnn2C1CCN(C(=O)OC(C)(C)C)CC1. The summed E-state index contributed by atoms with van der Waals surface area (Å²) in [5.41, 5.74) is 2.05. The van der Waals surface area contributed by atoms with Gasteiger partial charge in [-0.05, 0) is 74.4 Å². The van der Waals surface area contributed by atoms with E-state index in [2.05, 4.69) is 31.2 Å². The number of amides is 1. The highest BCUT2D eigenvalue weighted by Gasteiger charge is 2.30. The van der Waals surface area contributed by atoms with Gasteiger partial charge in [0.2, 0.25) is 0 Å². The predicted octanol–water partition coefficient (Wildman–Crippen LogP) is 6.51. The van der Waals surface area contributed by atoms with Crippen LogP contribution in [0.2, 0.25) is 0 Å². The van der Waals surface area contributed by atoms with E-state index < -0.39 is 5.60 Å². The van der Waals surface area contributed by atoms with Crippen LogP contribution in [-0.2, 0) is 4.74 Å². The Morgan fingerprint density at radius 3 is 2.45 bits per heavy atom. The Hall–Kier alpha value is -1.94. The summed E-state index contributed by atoms with van der Waals surface area (Å²) in [5, 5.41) is 10.2. The summed E-state index contributed by atoms with van der Waals surface area (Å²) in [6, 6.07) is 1.98. The Labute approximate surface area is 206 Å².